The summed E-state index contributed by atoms with van der Waals surface area (Å²) in [6, 6.07) is 9.04. The average Bonchev–Trinajstić information content (AvgIpc) is 3.09. The van der Waals surface area contributed by atoms with Crippen LogP contribution in [0.4, 0.5) is 0 Å². The second-order valence-corrected chi connectivity index (χ2v) is 13.3. The summed E-state index contributed by atoms with van der Waals surface area (Å²) >= 11 is 0. The molecule has 1 aromatic rings. The largest absolute Gasteiger partial charge is 0.224 e. The highest BCUT2D eigenvalue weighted by molar-refractivity contribution is 7.91. The van der Waals surface area contributed by atoms with E-state index in [0.717, 1.165) is 36.0 Å². The maximum absolute atomic E-state index is 12.9. The predicted molar refractivity (Wildman–Crippen MR) is 123 cm³/mol. The Labute approximate surface area is 183 Å². The molecule has 4 aliphatic rings. The molecule has 4 aliphatic carbocycles. The molecule has 5 rings (SSSR count). The third kappa shape index (κ3) is 3.49. The predicted octanol–water partition coefficient (Wildman–Crippen LogP) is 6.68. The molecule has 30 heavy (non-hydrogen) atoms. The van der Waals surface area contributed by atoms with Crippen LogP contribution in [0.1, 0.15) is 71.6 Å². The molecule has 3 heteroatoms. The van der Waals surface area contributed by atoms with E-state index in [2.05, 4.69) is 19.9 Å². The van der Waals surface area contributed by atoms with Gasteiger partial charge in [0.1, 0.15) is 0 Å². The van der Waals surface area contributed by atoms with Crippen molar-refractivity contribution in [3.05, 3.63) is 42.0 Å². The van der Waals surface area contributed by atoms with Crippen LogP contribution in [0, 0.1) is 40.9 Å². The molecule has 3 fully saturated rings. The zero-order chi connectivity index (χ0) is 20.9. The molecule has 7 atom stereocenters. The monoisotopic (exact) mass is 426 g/mol. The Balaban J connectivity index is 1.30. The lowest BCUT2D eigenvalue weighted by Gasteiger charge is -2.54. The van der Waals surface area contributed by atoms with E-state index in [4.69, 9.17) is 0 Å². The van der Waals surface area contributed by atoms with Crippen molar-refractivity contribution in [3.8, 4) is 0 Å². The number of allylic oxidation sites excluding steroid dienone is 2. The van der Waals surface area contributed by atoms with Gasteiger partial charge >= 0.3 is 0 Å². The van der Waals surface area contributed by atoms with Crippen molar-refractivity contribution < 1.29 is 8.42 Å². The van der Waals surface area contributed by atoms with E-state index in [1.165, 1.54) is 51.4 Å². The van der Waals surface area contributed by atoms with E-state index in [0.29, 0.717) is 22.0 Å². The fourth-order valence-electron chi connectivity index (χ4n) is 8.10. The Kier molecular flexibility index (Phi) is 5.40. The molecule has 0 N–H and O–H groups in total. The molecule has 0 saturated heterocycles. The summed E-state index contributed by atoms with van der Waals surface area (Å²) in [5.74, 6) is 5.17. The standard InChI is InChI=1S/C27H38O2S/c1-19-8-11-23-20(18-19)9-12-25-24(23)14-16-27(2)21(10-13-26(25)27)15-17-30(28,29)22-6-4-3-5-7-22/h3-7,9,19,21,23-26H,8,10-18H2,1-2H3/t19?,21-,23?,24?,25?,26?,27?/m1/s1. The van der Waals surface area contributed by atoms with Gasteiger partial charge in [-0.05, 0) is 111 Å². The number of sulfone groups is 1. The van der Waals surface area contributed by atoms with Gasteiger partial charge in [0.05, 0.1) is 10.6 Å². The van der Waals surface area contributed by atoms with Gasteiger partial charge in [0.2, 0.25) is 0 Å². The van der Waals surface area contributed by atoms with Crippen molar-refractivity contribution in [1.82, 2.24) is 0 Å². The molecule has 0 bridgehead atoms. The van der Waals surface area contributed by atoms with Crippen LogP contribution in [0.5, 0.6) is 0 Å². The lowest BCUT2D eigenvalue weighted by atomic mass is 9.51. The van der Waals surface area contributed by atoms with Crippen LogP contribution >= 0.6 is 0 Å². The minimum atomic E-state index is -3.17. The Bertz CT molecular complexity index is 902. The van der Waals surface area contributed by atoms with Crippen molar-refractivity contribution in [2.75, 3.05) is 5.75 Å². The van der Waals surface area contributed by atoms with E-state index in [1.807, 2.05) is 18.2 Å². The van der Waals surface area contributed by atoms with Gasteiger partial charge in [0, 0.05) is 0 Å². The SMILES string of the molecule is CC1CCC2C(=CCC3C2CCC2(C)C3CC[C@@H]2CCS(=O)(=O)c2ccccc2)C1. The summed E-state index contributed by atoms with van der Waals surface area (Å²) in [5, 5.41) is 0. The van der Waals surface area contributed by atoms with E-state index >= 15 is 0 Å². The molecule has 3 saturated carbocycles. The molecule has 2 nitrogen and oxygen atoms in total. The molecule has 0 aromatic heterocycles. The normalized spacial score (nSPS) is 40.8. The first-order valence-corrected chi connectivity index (χ1v) is 14.0. The summed E-state index contributed by atoms with van der Waals surface area (Å²) < 4.78 is 25.7. The highest BCUT2D eigenvalue weighted by Gasteiger charge is 2.55. The Morgan fingerprint density at radius 2 is 1.80 bits per heavy atom. The zero-order valence-corrected chi connectivity index (χ0v) is 19.5. The van der Waals surface area contributed by atoms with E-state index in [9.17, 15) is 8.42 Å². The van der Waals surface area contributed by atoms with Gasteiger partial charge in [-0.15, -0.1) is 0 Å². The first-order chi connectivity index (χ1) is 14.4. The van der Waals surface area contributed by atoms with Crippen molar-refractivity contribution in [2.24, 2.45) is 40.9 Å². The van der Waals surface area contributed by atoms with Gasteiger partial charge in [0.15, 0.2) is 9.84 Å². The van der Waals surface area contributed by atoms with Crippen molar-refractivity contribution in [3.63, 3.8) is 0 Å². The molecule has 0 spiro atoms. The number of hydrogen-bond donors (Lipinski definition) is 0. The highest BCUT2D eigenvalue weighted by Crippen LogP contribution is 2.64. The van der Waals surface area contributed by atoms with E-state index in [-0.39, 0.29) is 0 Å². The topological polar surface area (TPSA) is 34.1 Å². The summed E-state index contributed by atoms with van der Waals surface area (Å²) in [6.07, 6.45) is 14.2. The fourth-order valence-corrected chi connectivity index (χ4v) is 9.50. The average molecular weight is 427 g/mol. The third-order valence-corrected chi connectivity index (χ3v) is 11.5. The molecule has 0 amide bonds. The number of fused-ring (bicyclic) bond motifs is 5. The van der Waals surface area contributed by atoms with Gasteiger partial charge < -0.3 is 0 Å². The van der Waals surface area contributed by atoms with Crippen LogP contribution in [0.3, 0.4) is 0 Å². The minimum Gasteiger partial charge on any atom is -0.224 e. The number of benzene rings is 1. The molecular formula is C27H38O2S. The van der Waals surface area contributed by atoms with Crippen LogP contribution in [0.25, 0.3) is 0 Å². The Morgan fingerprint density at radius 1 is 1.00 bits per heavy atom. The summed E-state index contributed by atoms with van der Waals surface area (Å²) in [7, 11) is -3.17. The molecule has 0 heterocycles. The molecule has 164 valence electrons. The van der Waals surface area contributed by atoms with Crippen LogP contribution in [-0.2, 0) is 9.84 Å². The van der Waals surface area contributed by atoms with Gasteiger partial charge in [-0.2, -0.15) is 0 Å². The van der Waals surface area contributed by atoms with Crippen molar-refractivity contribution >= 4 is 9.84 Å². The number of hydrogen-bond acceptors (Lipinski definition) is 2. The van der Waals surface area contributed by atoms with E-state index < -0.39 is 9.84 Å². The first kappa shape index (κ1) is 20.8. The van der Waals surface area contributed by atoms with Crippen LogP contribution in [0.15, 0.2) is 46.9 Å². The van der Waals surface area contributed by atoms with Crippen LogP contribution in [-0.4, -0.2) is 14.2 Å². The lowest BCUT2D eigenvalue weighted by Crippen LogP contribution is -2.46. The molecule has 0 aliphatic heterocycles. The summed E-state index contributed by atoms with van der Waals surface area (Å²) in [6.45, 7) is 4.94. The first-order valence-electron chi connectivity index (χ1n) is 12.4. The molecule has 1 aromatic carbocycles. The number of rotatable bonds is 4. The van der Waals surface area contributed by atoms with Crippen LogP contribution in [0.2, 0.25) is 0 Å². The zero-order valence-electron chi connectivity index (χ0n) is 18.7. The highest BCUT2D eigenvalue weighted by atomic mass is 32.2. The van der Waals surface area contributed by atoms with Gasteiger partial charge in [-0.25, -0.2) is 8.42 Å². The van der Waals surface area contributed by atoms with Crippen LogP contribution < -0.4 is 0 Å². The molecule has 6 unspecified atom stereocenters. The summed E-state index contributed by atoms with van der Waals surface area (Å²) in [4.78, 5) is 0.491. The minimum absolute atomic E-state index is 0.308. The van der Waals surface area contributed by atoms with Gasteiger partial charge in [0.25, 0.3) is 0 Å². The van der Waals surface area contributed by atoms with Crippen molar-refractivity contribution in [1.29, 1.82) is 0 Å². The quantitative estimate of drug-likeness (QED) is 0.504. The second kappa shape index (κ2) is 7.80. The van der Waals surface area contributed by atoms with Gasteiger partial charge in [-0.1, -0.05) is 43.7 Å². The maximum atomic E-state index is 12.9. The fraction of sp³-hybridized carbons (Fsp3) is 0.704. The Morgan fingerprint density at radius 3 is 2.60 bits per heavy atom. The smallest absolute Gasteiger partial charge is 0.178 e. The molecular weight excluding hydrogens is 388 g/mol. The van der Waals surface area contributed by atoms with Crippen molar-refractivity contribution in [2.45, 2.75) is 76.5 Å². The lowest BCUT2D eigenvalue weighted by molar-refractivity contribution is -0.0142. The molecule has 0 radical (unpaired) electrons. The summed E-state index contributed by atoms with van der Waals surface area (Å²) in [5.41, 5.74) is 2.14. The van der Waals surface area contributed by atoms with E-state index in [1.54, 1.807) is 17.7 Å². The maximum Gasteiger partial charge on any atom is 0.178 e. The third-order valence-electron chi connectivity index (χ3n) is 9.73. The van der Waals surface area contributed by atoms with Gasteiger partial charge in [-0.3, -0.25) is 0 Å². The second-order valence-electron chi connectivity index (χ2n) is 11.2. The Hall–Kier alpha value is -1.09.